The van der Waals surface area contributed by atoms with Gasteiger partial charge in [0, 0.05) is 24.9 Å². The molecule has 3 heteroatoms. The van der Waals surface area contributed by atoms with Crippen molar-refractivity contribution in [3.8, 4) is 6.07 Å². The second-order valence-electron chi connectivity index (χ2n) is 5.18. The maximum atomic E-state index is 8.52. The Kier molecular flexibility index (Phi) is 4.42. The van der Waals surface area contributed by atoms with Crippen LogP contribution in [0.25, 0.3) is 4.85 Å². The molecule has 2 rings (SSSR count). The number of benzene rings is 1. The second-order valence-corrected chi connectivity index (χ2v) is 5.18. The Balaban J connectivity index is 1.95. The van der Waals surface area contributed by atoms with Crippen molar-refractivity contribution in [1.82, 2.24) is 0 Å². The predicted molar refractivity (Wildman–Crippen MR) is 76.4 cm³/mol. The quantitative estimate of drug-likeness (QED) is 0.633. The number of rotatable bonds is 5. The standard InChI is InChI=1S/C16H19N3/c1-18-16(11-3-4-12-16)19-15-9-7-14(8-10-15)6-2-5-13-17/h7-10,19H,2-6,11-12H2. The summed E-state index contributed by atoms with van der Waals surface area (Å²) in [6.45, 7) is 7.38. The van der Waals surface area contributed by atoms with Gasteiger partial charge in [0.2, 0.25) is 0 Å². The molecule has 0 heterocycles. The molecule has 19 heavy (non-hydrogen) atoms. The molecule has 0 aromatic heterocycles. The molecule has 1 saturated carbocycles. The van der Waals surface area contributed by atoms with Crippen LogP contribution in [0.2, 0.25) is 0 Å². The molecule has 0 radical (unpaired) electrons. The molecule has 1 fully saturated rings. The molecular formula is C16H19N3. The van der Waals surface area contributed by atoms with Crippen molar-refractivity contribution in [3.63, 3.8) is 0 Å². The third kappa shape index (κ3) is 3.48. The average molecular weight is 253 g/mol. The van der Waals surface area contributed by atoms with Crippen LogP contribution >= 0.6 is 0 Å². The Labute approximate surface area is 115 Å². The van der Waals surface area contributed by atoms with E-state index in [4.69, 9.17) is 11.8 Å². The van der Waals surface area contributed by atoms with Crippen molar-refractivity contribution in [2.24, 2.45) is 0 Å². The summed E-state index contributed by atoms with van der Waals surface area (Å²) in [6.07, 6.45) is 6.64. The number of hydrogen-bond acceptors (Lipinski definition) is 2. The van der Waals surface area contributed by atoms with Crippen molar-refractivity contribution >= 4 is 5.69 Å². The van der Waals surface area contributed by atoms with Gasteiger partial charge < -0.3 is 5.32 Å². The number of anilines is 1. The Bertz CT molecular complexity index is 484. The van der Waals surface area contributed by atoms with Gasteiger partial charge in [0.25, 0.3) is 0 Å². The minimum atomic E-state index is -0.373. The lowest BCUT2D eigenvalue weighted by molar-refractivity contribution is 0.594. The van der Waals surface area contributed by atoms with Crippen LogP contribution in [0, 0.1) is 17.9 Å². The van der Waals surface area contributed by atoms with Gasteiger partial charge in [-0.1, -0.05) is 12.1 Å². The Morgan fingerprint density at radius 2 is 1.95 bits per heavy atom. The predicted octanol–water partition coefficient (Wildman–Crippen LogP) is 4.13. The molecule has 1 aromatic rings. The van der Waals surface area contributed by atoms with Crippen molar-refractivity contribution in [2.45, 2.75) is 50.6 Å². The number of nitrogens with one attached hydrogen (secondary N) is 1. The van der Waals surface area contributed by atoms with Gasteiger partial charge in [-0.25, -0.2) is 6.57 Å². The van der Waals surface area contributed by atoms with E-state index < -0.39 is 0 Å². The van der Waals surface area contributed by atoms with Crippen LogP contribution in [0.3, 0.4) is 0 Å². The van der Waals surface area contributed by atoms with E-state index in [1.165, 1.54) is 5.56 Å². The van der Waals surface area contributed by atoms with Crippen molar-refractivity contribution in [2.75, 3.05) is 5.32 Å². The van der Waals surface area contributed by atoms with Gasteiger partial charge in [-0.15, -0.1) is 0 Å². The highest BCUT2D eigenvalue weighted by atomic mass is 15.1. The maximum Gasteiger partial charge on any atom is 0.305 e. The number of nitrogens with zero attached hydrogens (tertiary/aromatic N) is 2. The van der Waals surface area contributed by atoms with Crippen LogP contribution in [0.15, 0.2) is 24.3 Å². The summed E-state index contributed by atoms with van der Waals surface area (Å²) in [5, 5.41) is 11.9. The smallest absolute Gasteiger partial charge is 0.305 e. The van der Waals surface area contributed by atoms with E-state index in [1.54, 1.807) is 0 Å². The number of unbranched alkanes of at least 4 members (excludes halogenated alkanes) is 1. The molecule has 0 atom stereocenters. The van der Waals surface area contributed by atoms with Crippen LogP contribution in [-0.2, 0) is 6.42 Å². The van der Waals surface area contributed by atoms with Gasteiger partial charge in [-0.3, -0.25) is 4.85 Å². The highest BCUT2D eigenvalue weighted by molar-refractivity contribution is 5.48. The van der Waals surface area contributed by atoms with E-state index in [0.29, 0.717) is 6.42 Å². The maximum absolute atomic E-state index is 8.52. The first-order valence-electron chi connectivity index (χ1n) is 6.91. The van der Waals surface area contributed by atoms with E-state index in [9.17, 15) is 0 Å². The third-order valence-electron chi connectivity index (χ3n) is 3.73. The van der Waals surface area contributed by atoms with Crippen molar-refractivity contribution in [3.05, 3.63) is 41.2 Å². The molecule has 0 aliphatic heterocycles. The fourth-order valence-electron chi connectivity index (χ4n) is 2.62. The minimum Gasteiger partial charge on any atom is -0.314 e. The van der Waals surface area contributed by atoms with Crippen LogP contribution < -0.4 is 5.32 Å². The zero-order chi connectivity index (χ0) is 13.6. The summed E-state index contributed by atoms with van der Waals surface area (Å²) >= 11 is 0. The molecular weight excluding hydrogens is 234 g/mol. The van der Waals surface area contributed by atoms with Gasteiger partial charge in [0.05, 0.1) is 6.07 Å². The lowest BCUT2D eigenvalue weighted by atomic mass is 10.1. The number of hydrogen-bond donors (Lipinski definition) is 1. The molecule has 0 saturated heterocycles. The molecule has 0 amide bonds. The van der Waals surface area contributed by atoms with E-state index >= 15 is 0 Å². The van der Waals surface area contributed by atoms with Crippen molar-refractivity contribution in [1.29, 1.82) is 5.26 Å². The Morgan fingerprint density at radius 3 is 2.53 bits per heavy atom. The molecule has 0 bridgehead atoms. The van der Waals surface area contributed by atoms with Gasteiger partial charge in [-0.05, 0) is 43.4 Å². The third-order valence-corrected chi connectivity index (χ3v) is 3.73. The zero-order valence-electron chi connectivity index (χ0n) is 11.2. The summed E-state index contributed by atoms with van der Waals surface area (Å²) < 4.78 is 0. The van der Waals surface area contributed by atoms with Crippen LogP contribution in [0.5, 0.6) is 0 Å². The van der Waals surface area contributed by atoms with Gasteiger partial charge in [0.1, 0.15) is 0 Å². The fourth-order valence-corrected chi connectivity index (χ4v) is 2.62. The highest BCUT2D eigenvalue weighted by Crippen LogP contribution is 2.34. The van der Waals surface area contributed by atoms with E-state index in [2.05, 4.69) is 28.4 Å². The minimum absolute atomic E-state index is 0.373. The molecule has 98 valence electrons. The first-order chi connectivity index (χ1) is 9.28. The largest absolute Gasteiger partial charge is 0.314 e. The first-order valence-corrected chi connectivity index (χ1v) is 6.91. The second kappa shape index (κ2) is 6.25. The summed E-state index contributed by atoms with van der Waals surface area (Å²) in [5.41, 5.74) is 1.91. The molecule has 1 aliphatic carbocycles. The summed E-state index contributed by atoms with van der Waals surface area (Å²) in [6, 6.07) is 10.4. The zero-order valence-corrected chi connectivity index (χ0v) is 11.2. The summed E-state index contributed by atoms with van der Waals surface area (Å²) in [4.78, 5) is 3.80. The Morgan fingerprint density at radius 1 is 1.26 bits per heavy atom. The molecule has 1 aliphatic rings. The molecule has 1 aromatic carbocycles. The van der Waals surface area contributed by atoms with Crippen LogP contribution in [0.4, 0.5) is 5.69 Å². The van der Waals surface area contributed by atoms with E-state index in [1.807, 2.05) is 12.1 Å². The topological polar surface area (TPSA) is 40.2 Å². The molecule has 1 N–H and O–H groups in total. The monoisotopic (exact) mass is 253 g/mol. The number of nitriles is 1. The molecule has 0 spiro atoms. The lowest BCUT2D eigenvalue weighted by Crippen LogP contribution is -2.30. The molecule has 0 unspecified atom stereocenters. The van der Waals surface area contributed by atoms with Crippen LogP contribution in [0.1, 0.15) is 44.1 Å². The van der Waals surface area contributed by atoms with E-state index in [0.717, 1.165) is 44.2 Å². The van der Waals surface area contributed by atoms with Gasteiger partial charge in [0.15, 0.2) is 0 Å². The van der Waals surface area contributed by atoms with Crippen molar-refractivity contribution < 1.29 is 0 Å². The van der Waals surface area contributed by atoms with Gasteiger partial charge >= 0.3 is 5.66 Å². The summed E-state index contributed by atoms with van der Waals surface area (Å²) in [7, 11) is 0. The fraction of sp³-hybridized carbons (Fsp3) is 0.500. The highest BCUT2D eigenvalue weighted by Gasteiger charge is 2.39. The first kappa shape index (κ1) is 13.4. The lowest BCUT2D eigenvalue weighted by Gasteiger charge is -2.18. The SMILES string of the molecule is [C-]#[N+]C1(Nc2ccc(CCCC#N)cc2)CCCC1. The normalized spacial score (nSPS) is 16.5. The van der Waals surface area contributed by atoms with Crippen LogP contribution in [-0.4, -0.2) is 5.66 Å². The average Bonchev–Trinajstić information content (AvgIpc) is 2.90. The molecule has 3 nitrogen and oxygen atoms in total. The Hall–Kier alpha value is -2.00. The number of aryl methyl sites for hydroxylation is 1. The van der Waals surface area contributed by atoms with E-state index in [-0.39, 0.29) is 5.66 Å². The van der Waals surface area contributed by atoms with Gasteiger partial charge in [-0.2, -0.15) is 5.26 Å². The summed E-state index contributed by atoms with van der Waals surface area (Å²) in [5.74, 6) is 0.